The van der Waals surface area contributed by atoms with Crippen LogP contribution in [0, 0.1) is 0 Å². The fourth-order valence-corrected chi connectivity index (χ4v) is 4.88. The molecule has 0 spiro atoms. The van der Waals surface area contributed by atoms with Gasteiger partial charge in [0, 0.05) is 11.1 Å². The number of rotatable bonds is 8. The van der Waals surface area contributed by atoms with Gasteiger partial charge in [-0.2, -0.15) is 14.6 Å². The summed E-state index contributed by atoms with van der Waals surface area (Å²) < 4.78 is 52.8. The van der Waals surface area contributed by atoms with Crippen molar-refractivity contribution in [2.75, 3.05) is 25.7 Å². The van der Waals surface area contributed by atoms with Crippen LogP contribution in [0.1, 0.15) is 22.8 Å². The number of H-pyrrole nitrogens is 1. The van der Waals surface area contributed by atoms with Crippen molar-refractivity contribution in [3.8, 4) is 11.5 Å². The summed E-state index contributed by atoms with van der Waals surface area (Å²) in [4.78, 5) is 18.7. The first-order valence-electron chi connectivity index (χ1n) is 12.5. The molecular formula is C27H24ClF3N7O4+. The topological polar surface area (TPSA) is 115 Å². The molecule has 1 aliphatic rings. The lowest BCUT2D eigenvalue weighted by atomic mass is 10.1. The van der Waals surface area contributed by atoms with Gasteiger partial charge in [-0.25, -0.2) is 4.79 Å². The van der Waals surface area contributed by atoms with Crippen molar-refractivity contribution in [2.45, 2.75) is 19.8 Å². The lowest BCUT2D eigenvalue weighted by Crippen LogP contribution is -2.50. The van der Waals surface area contributed by atoms with E-state index in [0.29, 0.717) is 51.9 Å². The maximum atomic E-state index is 12.7. The minimum atomic E-state index is -4.83. The predicted molar refractivity (Wildman–Crippen MR) is 148 cm³/mol. The molecule has 15 heteroatoms. The number of fused-ring (bicyclic) bond motifs is 1. The van der Waals surface area contributed by atoms with Gasteiger partial charge in [-0.3, -0.25) is 4.90 Å². The lowest BCUT2D eigenvalue weighted by molar-refractivity contribution is -0.274. The number of nitrogens with one attached hydrogen (secondary N) is 1. The Morgan fingerprint density at radius 2 is 1.83 bits per heavy atom. The summed E-state index contributed by atoms with van der Waals surface area (Å²) in [6, 6.07) is 15.4. The molecule has 0 fully saturated rings. The number of aromatic nitrogens is 4. The second-order valence-corrected chi connectivity index (χ2v) is 9.60. The largest absolute Gasteiger partial charge is 0.573 e. The van der Waals surface area contributed by atoms with Crippen LogP contribution in [0.25, 0.3) is 0 Å². The number of ether oxygens (including phenoxy) is 3. The summed E-state index contributed by atoms with van der Waals surface area (Å²) in [5.74, 6) is 0.283. The van der Waals surface area contributed by atoms with E-state index in [1.54, 1.807) is 43.4 Å². The Labute approximate surface area is 242 Å². The zero-order chi connectivity index (χ0) is 30.1. The summed E-state index contributed by atoms with van der Waals surface area (Å²) in [7, 11) is 3.11. The number of quaternary nitrogens is 1. The molecule has 3 aromatic carbocycles. The second-order valence-electron chi connectivity index (χ2n) is 9.16. The minimum absolute atomic E-state index is 0.199. The number of hydrogen-bond donors (Lipinski definition) is 1. The molecule has 1 atom stereocenters. The van der Waals surface area contributed by atoms with Crippen LogP contribution in [-0.4, -0.2) is 59.7 Å². The molecular weight excluding hydrogens is 579 g/mol. The Bertz CT molecular complexity index is 1610. The fraction of sp³-hybridized carbons (Fsp3) is 0.222. The highest BCUT2D eigenvalue weighted by atomic mass is 35.5. The molecule has 0 amide bonds. The van der Waals surface area contributed by atoms with Crippen molar-refractivity contribution in [3.05, 3.63) is 76.8 Å². The number of guanidine groups is 1. The van der Waals surface area contributed by atoms with E-state index in [4.69, 9.17) is 26.1 Å². The second kappa shape index (κ2) is 11.3. The van der Waals surface area contributed by atoms with E-state index in [0.717, 1.165) is 5.56 Å². The van der Waals surface area contributed by atoms with Crippen LogP contribution in [0.5, 0.6) is 11.5 Å². The van der Waals surface area contributed by atoms with Gasteiger partial charge in [0.2, 0.25) is 5.69 Å². The first-order chi connectivity index (χ1) is 20.0. The number of tetrazole rings is 1. The van der Waals surface area contributed by atoms with Crippen LogP contribution < -0.4 is 18.9 Å². The number of methoxy groups -OCH3 is 1. The average Bonchev–Trinajstić information content (AvgIpc) is 3.57. The summed E-state index contributed by atoms with van der Waals surface area (Å²) in [6.07, 6.45) is -4.83. The minimum Gasteiger partial charge on any atom is -0.488 e. The molecule has 0 radical (unpaired) electrons. The lowest BCUT2D eigenvalue weighted by Gasteiger charge is -2.27. The molecule has 0 bridgehead atoms. The number of nitrogens with zero attached hydrogens (tertiary/aromatic N) is 6. The number of anilines is 1. The van der Waals surface area contributed by atoms with Crippen LogP contribution in [0.4, 0.5) is 36.2 Å². The molecule has 2 heterocycles. The van der Waals surface area contributed by atoms with Crippen molar-refractivity contribution < 1.29 is 32.2 Å². The van der Waals surface area contributed by atoms with E-state index in [1.165, 1.54) is 31.4 Å². The third-order valence-corrected chi connectivity index (χ3v) is 6.69. The number of aliphatic imine (C=N–C) groups is 1. The zero-order valence-corrected chi connectivity index (χ0v) is 23.3. The number of alkyl halides is 3. The number of benzene rings is 3. The summed E-state index contributed by atoms with van der Waals surface area (Å²) >= 11 is 6.54. The summed E-state index contributed by atoms with van der Waals surface area (Å²) in [5, 5.41) is 14.9. The number of esters is 1. The van der Waals surface area contributed by atoms with E-state index in [2.05, 4.69) is 25.4 Å². The third kappa shape index (κ3) is 5.58. The molecule has 218 valence electrons. The van der Waals surface area contributed by atoms with Crippen molar-refractivity contribution in [1.82, 2.24) is 25.1 Å². The molecule has 1 aromatic heterocycles. The van der Waals surface area contributed by atoms with Crippen molar-refractivity contribution in [1.29, 1.82) is 0 Å². The van der Waals surface area contributed by atoms with Gasteiger partial charge in [0.05, 0.1) is 38.6 Å². The average molecular weight is 603 g/mol. The van der Waals surface area contributed by atoms with Gasteiger partial charge in [-0.1, -0.05) is 28.8 Å². The van der Waals surface area contributed by atoms with E-state index < -0.39 is 12.3 Å². The fourth-order valence-electron chi connectivity index (χ4n) is 4.68. The number of carbonyl (C=O) groups is 1. The number of carbonyl (C=O) groups excluding carboxylic acids is 1. The van der Waals surface area contributed by atoms with Gasteiger partial charge in [-0.05, 0) is 65.4 Å². The molecule has 0 saturated carbocycles. The smallest absolute Gasteiger partial charge is 0.488 e. The van der Waals surface area contributed by atoms with Crippen LogP contribution in [0.3, 0.4) is 0 Å². The highest BCUT2D eigenvalue weighted by Crippen LogP contribution is 2.53. The van der Waals surface area contributed by atoms with Crippen LogP contribution in [0.2, 0.25) is 5.02 Å². The molecule has 0 saturated heterocycles. The molecule has 1 aliphatic heterocycles. The van der Waals surface area contributed by atoms with Gasteiger partial charge in [0.15, 0.2) is 5.75 Å². The van der Waals surface area contributed by atoms with Gasteiger partial charge < -0.3 is 14.2 Å². The molecule has 5 rings (SSSR count). The van der Waals surface area contributed by atoms with Gasteiger partial charge in [-0.15, -0.1) is 13.2 Å². The standard InChI is InChI=1S/C27H24ClF3N7O4/c1-4-41-22-14-18(28)13-21-23(22)38(2,25-33-35-36-34-25)26(32-19-9-11-20(12-10-19)42-27(29,30)31)37(21)15-16-5-7-17(8-6-16)24(39)40-3/h5-14H,4,15H2,1-3H3,(H,33,34,35,36)/q+1. The van der Waals surface area contributed by atoms with E-state index in [1.807, 2.05) is 11.8 Å². The Morgan fingerprint density at radius 3 is 2.43 bits per heavy atom. The van der Waals surface area contributed by atoms with Crippen LogP contribution in [0.15, 0.2) is 65.7 Å². The van der Waals surface area contributed by atoms with E-state index >= 15 is 0 Å². The monoisotopic (exact) mass is 602 g/mol. The maximum Gasteiger partial charge on any atom is 0.573 e. The molecule has 1 unspecified atom stereocenters. The predicted octanol–water partition coefficient (Wildman–Crippen LogP) is 5.91. The third-order valence-electron chi connectivity index (χ3n) is 6.47. The number of aromatic amines is 1. The highest BCUT2D eigenvalue weighted by molar-refractivity contribution is 6.32. The van der Waals surface area contributed by atoms with Crippen molar-refractivity contribution in [3.63, 3.8) is 0 Å². The summed E-state index contributed by atoms with van der Waals surface area (Å²) in [5.41, 5.74) is 2.78. The Morgan fingerprint density at radius 1 is 1.12 bits per heavy atom. The van der Waals surface area contributed by atoms with E-state index in [9.17, 15) is 18.0 Å². The first kappa shape index (κ1) is 28.8. The highest BCUT2D eigenvalue weighted by Gasteiger charge is 2.54. The molecule has 4 aromatic rings. The van der Waals surface area contributed by atoms with Gasteiger partial charge in [0.1, 0.15) is 11.4 Å². The quantitative estimate of drug-likeness (QED) is 0.195. The molecule has 1 N–H and O–H groups in total. The zero-order valence-electron chi connectivity index (χ0n) is 22.5. The molecule has 42 heavy (non-hydrogen) atoms. The maximum absolute atomic E-state index is 12.7. The molecule has 11 nitrogen and oxygen atoms in total. The Hall–Kier alpha value is -4.69. The van der Waals surface area contributed by atoms with Gasteiger partial charge in [0.25, 0.3) is 0 Å². The van der Waals surface area contributed by atoms with Crippen molar-refractivity contribution >= 4 is 46.5 Å². The van der Waals surface area contributed by atoms with Crippen LogP contribution in [-0.2, 0) is 11.3 Å². The number of hydrogen-bond acceptors (Lipinski definition) is 8. The normalized spacial score (nSPS) is 17.3. The number of halogens is 4. The SMILES string of the molecule is CCOc1cc(Cl)cc2c1[N+](C)(c1nnn[nH]1)C(=Nc1ccc(OC(F)(F)F)cc1)N2Cc1ccc(C(=O)OC)cc1. The Balaban J connectivity index is 1.68. The first-order valence-corrected chi connectivity index (χ1v) is 12.9. The summed E-state index contributed by atoms with van der Waals surface area (Å²) in [6.45, 7) is 2.43. The molecule has 0 aliphatic carbocycles. The van der Waals surface area contributed by atoms with Crippen molar-refractivity contribution in [2.24, 2.45) is 4.99 Å². The van der Waals surface area contributed by atoms with E-state index in [-0.39, 0.29) is 16.8 Å². The van der Waals surface area contributed by atoms with Crippen LogP contribution >= 0.6 is 11.6 Å². The van der Waals surface area contributed by atoms with Gasteiger partial charge >= 0.3 is 24.2 Å². The Kier molecular flexibility index (Phi) is 7.75.